The number of hydrogen-bond donors (Lipinski definition) is 1. The number of rotatable bonds is 4. The summed E-state index contributed by atoms with van der Waals surface area (Å²) in [6.07, 6.45) is 2.38. The maximum Gasteiger partial charge on any atom is 0.240 e. The van der Waals surface area contributed by atoms with Crippen LogP contribution in [0.2, 0.25) is 0 Å². The van der Waals surface area contributed by atoms with Gasteiger partial charge in [0, 0.05) is 4.88 Å². The van der Waals surface area contributed by atoms with Gasteiger partial charge in [0.15, 0.2) is 0 Å². The quantitative estimate of drug-likeness (QED) is 0.905. The minimum absolute atomic E-state index is 0.0170. The summed E-state index contributed by atoms with van der Waals surface area (Å²) in [7, 11) is 0. The highest BCUT2D eigenvalue weighted by molar-refractivity contribution is 7.10. The Balaban J connectivity index is 2.11. The molecule has 1 aliphatic rings. The lowest BCUT2D eigenvalue weighted by Crippen LogP contribution is -2.46. The molecule has 1 aromatic rings. The van der Waals surface area contributed by atoms with Gasteiger partial charge in [-0.25, -0.2) is 0 Å². The van der Waals surface area contributed by atoms with Crippen molar-refractivity contribution in [1.29, 1.82) is 5.26 Å². The van der Waals surface area contributed by atoms with E-state index >= 15 is 0 Å². The van der Waals surface area contributed by atoms with Crippen molar-refractivity contribution < 1.29 is 4.79 Å². The van der Waals surface area contributed by atoms with Gasteiger partial charge < -0.3 is 5.32 Å². The van der Waals surface area contributed by atoms with E-state index in [1.807, 2.05) is 17.5 Å². The van der Waals surface area contributed by atoms with Crippen molar-refractivity contribution in [2.45, 2.75) is 39.2 Å². The summed E-state index contributed by atoms with van der Waals surface area (Å²) in [4.78, 5) is 13.4. The second-order valence-corrected chi connectivity index (χ2v) is 6.24. The molecule has 0 saturated heterocycles. The maximum atomic E-state index is 12.3. The molecule has 1 N–H and O–H groups in total. The first-order valence-corrected chi connectivity index (χ1v) is 7.23. The van der Waals surface area contributed by atoms with Gasteiger partial charge in [0.1, 0.15) is 5.41 Å². The predicted molar refractivity (Wildman–Crippen MR) is 71.9 cm³/mol. The van der Waals surface area contributed by atoms with E-state index in [1.165, 1.54) is 0 Å². The molecule has 1 fully saturated rings. The Morgan fingerprint density at radius 3 is 2.67 bits per heavy atom. The van der Waals surface area contributed by atoms with Crippen molar-refractivity contribution in [1.82, 2.24) is 5.32 Å². The molecule has 96 valence electrons. The van der Waals surface area contributed by atoms with Gasteiger partial charge in [-0.2, -0.15) is 5.26 Å². The molecule has 0 bridgehead atoms. The van der Waals surface area contributed by atoms with Crippen LogP contribution < -0.4 is 5.32 Å². The van der Waals surface area contributed by atoms with Crippen LogP contribution in [0.1, 0.15) is 44.0 Å². The summed E-state index contributed by atoms with van der Waals surface area (Å²) < 4.78 is 0. The van der Waals surface area contributed by atoms with Crippen LogP contribution >= 0.6 is 11.3 Å². The number of nitrogens with one attached hydrogen (secondary N) is 1. The van der Waals surface area contributed by atoms with Crippen molar-refractivity contribution in [3.8, 4) is 6.07 Å². The van der Waals surface area contributed by atoms with Gasteiger partial charge in [-0.3, -0.25) is 4.79 Å². The van der Waals surface area contributed by atoms with Gasteiger partial charge in [-0.05, 0) is 36.6 Å². The normalized spacial score (nSPS) is 18.8. The number of hydrogen-bond acceptors (Lipinski definition) is 3. The topological polar surface area (TPSA) is 52.9 Å². The molecule has 1 aliphatic carbocycles. The molecule has 1 unspecified atom stereocenters. The van der Waals surface area contributed by atoms with Crippen LogP contribution in [0.4, 0.5) is 0 Å². The molecule has 1 amide bonds. The minimum atomic E-state index is -0.760. The molecule has 2 rings (SSSR count). The molecule has 0 aromatic carbocycles. The fourth-order valence-electron chi connectivity index (χ4n) is 2.23. The van der Waals surface area contributed by atoms with Crippen LogP contribution in [0.25, 0.3) is 0 Å². The standard InChI is InChI=1S/C14H18N2OS/c1-10(2)12(11-5-3-8-18-11)16-13(17)14(9-15)6-4-7-14/h3,5,8,10,12H,4,6-7H2,1-2H3,(H,16,17). The number of nitriles is 1. The van der Waals surface area contributed by atoms with Gasteiger partial charge in [0.25, 0.3) is 0 Å². The Hall–Kier alpha value is -1.34. The summed E-state index contributed by atoms with van der Waals surface area (Å²) in [5, 5.41) is 14.3. The third-order valence-corrected chi connectivity index (χ3v) is 4.61. The van der Waals surface area contributed by atoms with Crippen molar-refractivity contribution in [2.24, 2.45) is 11.3 Å². The fourth-order valence-corrected chi connectivity index (χ4v) is 3.18. The molecule has 0 radical (unpaired) electrons. The summed E-state index contributed by atoms with van der Waals surface area (Å²) in [5.74, 6) is 0.228. The highest BCUT2D eigenvalue weighted by Gasteiger charge is 2.45. The van der Waals surface area contributed by atoms with Crippen LogP contribution in [-0.2, 0) is 4.79 Å². The zero-order chi connectivity index (χ0) is 13.2. The second kappa shape index (κ2) is 5.11. The van der Waals surface area contributed by atoms with E-state index in [9.17, 15) is 10.1 Å². The molecule has 1 heterocycles. The lowest BCUT2D eigenvalue weighted by atomic mass is 9.69. The lowest BCUT2D eigenvalue weighted by Gasteiger charge is -2.35. The van der Waals surface area contributed by atoms with E-state index in [0.717, 1.165) is 11.3 Å². The monoisotopic (exact) mass is 262 g/mol. The molecule has 0 aliphatic heterocycles. The van der Waals surface area contributed by atoms with Gasteiger partial charge in [0.05, 0.1) is 12.1 Å². The zero-order valence-corrected chi connectivity index (χ0v) is 11.6. The Bertz CT molecular complexity index is 455. The average Bonchev–Trinajstić information content (AvgIpc) is 2.77. The Morgan fingerprint density at radius 2 is 2.28 bits per heavy atom. The van der Waals surface area contributed by atoms with Gasteiger partial charge in [-0.1, -0.05) is 19.9 Å². The van der Waals surface area contributed by atoms with Gasteiger partial charge in [0.2, 0.25) is 5.91 Å². The summed E-state index contributed by atoms with van der Waals surface area (Å²) in [6, 6.07) is 6.24. The third kappa shape index (κ3) is 2.28. The van der Waals surface area contributed by atoms with Crippen molar-refractivity contribution in [3.05, 3.63) is 22.4 Å². The molecule has 0 spiro atoms. The first-order chi connectivity index (χ1) is 8.59. The largest absolute Gasteiger partial charge is 0.347 e. The SMILES string of the molecule is CC(C)C(NC(=O)C1(C#N)CCC1)c1cccs1. The van der Waals surface area contributed by atoms with E-state index < -0.39 is 5.41 Å². The first-order valence-electron chi connectivity index (χ1n) is 6.35. The zero-order valence-electron chi connectivity index (χ0n) is 10.8. The van der Waals surface area contributed by atoms with Crippen molar-refractivity contribution >= 4 is 17.2 Å². The molecule has 1 saturated carbocycles. The molecule has 4 heteroatoms. The average molecular weight is 262 g/mol. The Kier molecular flexibility index (Phi) is 3.72. The van der Waals surface area contributed by atoms with Gasteiger partial charge >= 0.3 is 0 Å². The third-order valence-electron chi connectivity index (χ3n) is 3.66. The van der Waals surface area contributed by atoms with Crippen LogP contribution in [0.3, 0.4) is 0 Å². The van der Waals surface area contributed by atoms with E-state index in [0.29, 0.717) is 18.8 Å². The Morgan fingerprint density at radius 1 is 1.56 bits per heavy atom. The van der Waals surface area contributed by atoms with E-state index in [4.69, 9.17) is 0 Å². The van der Waals surface area contributed by atoms with E-state index in [1.54, 1.807) is 11.3 Å². The van der Waals surface area contributed by atoms with Crippen LogP contribution in [0.5, 0.6) is 0 Å². The number of thiophene rings is 1. The molecule has 1 atom stereocenters. The molecule has 3 nitrogen and oxygen atoms in total. The minimum Gasteiger partial charge on any atom is -0.347 e. The fraction of sp³-hybridized carbons (Fsp3) is 0.571. The first kappa shape index (κ1) is 13.1. The molecular weight excluding hydrogens is 244 g/mol. The van der Waals surface area contributed by atoms with E-state index in [2.05, 4.69) is 25.2 Å². The highest BCUT2D eigenvalue weighted by Crippen LogP contribution is 2.41. The van der Waals surface area contributed by atoms with Crippen molar-refractivity contribution in [2.75, 3.05) is 0 Å². The highest BCUT2D eigenvalue weighted by atomic mass is 32.1. The number of carbonyl (C=O) groups excluding carboxylic acids is 1. The number of amides is 1. The van der Waals surface area contributed by atoms with Crippen LogP contribution in [-0.4, -0.2) is 5.91 Å². The predicted octanol–water partition coefficient (Wildman–Crippen LogP) is 3.26. The Labute approximate surface area is 112 Å². The smallest absolute Gasteiger partial charge is 0.240 e. The maximum absolute atomic E-state index is 12.3. The number of nitrogens with zero attached hydrogens (tertiary/aromatic N) is 1. The summed E-state index contributed by atoms with van der Waals surface area (Å²) in [5.41, 5.74) is -0.760. The lowest BCUT2D eigenvalue weighted by molar-refractivity contribution is -0.132. The summed E-state index contributed by atoms with van der Waals surface area (Å²) >= 11 is 1.65. The molecular formula is C14H18N2OS. The van der Waals surface area contributed by atoms with Crippen LogP contribution in [0, 0.1) is 22.7 Å². The molecule has 1 aromatic heterocycles. The second-order valence-electron chi connectivity index (χ2n) is 5.26. The summed E-state index contributed by atoms with van der Waals surface area (Å²) in [6.45, 7) is 4.18. The van der Waals surface area contributed by atoms with E-state index in [-0.39, 0.29) is 11.9 Å². The van der Waals surface area contributed by atoms with Crippen LogP contribution in [0.15, 0.2) is 17.5 Å². The number of carbonyl (C=O) groups is 1. The molecule has 18 heavy (non-hydrogen) atoms. The van der Waals surface area contributed by atoms with Gasteiger partial charge in [-0.15, -0.1) is 11.3 Å². The van der Waals surface area contributed by atoms with Crippen molar-refractivity contribution in [3.63, 3.8) is 0 Å².